The first kappa shape index (κ1) is 26.1. The van der Waals surface area contributed by atoms with Crippen LogP contribution in [-0.4, -0.2) is 73.8 Å². The van der Waals surface area contributed by atoms with Crippen molar-refractivity contribution >= 4 is 49.0 Å². The molecule has 1 amide bonds. The number of fused-ring (bicyclic) bond motifs is 1. The highest BCUT2D eigenvalue weighted by Crippen LogP contribution is 2.34. The van der Waals surface area contributed by atoms with Crippen molar-refractivity contribution in [2.45, 2.75) is 19.0 Å². The number of sulfonamides is 1. The number of carbonyl (C=O) groups excluding carboxylic acids is 1. The minimum absolute atomic E-state index is 0.0175. The van der Waals surface area contributed by atoms with Crippen molar-refractivity contribution in [2.75, 3.05) is 48.1 Å². The van der Waals surface area contributed by atoms with Gasteiger partial charge in [0, 0.05) is 43.3 Å². The summed E-state index contributed by atoms with van der Waals surface area (Å²) in [6, 6.07) is 8.09. The molecule has 194 valence electrons. The largest absolute Gasteiger partial charge is 0.393 e. The number of nitrogens with zero attached hydrogens (tertiary/aromatic N) is 4. The van der Waals surface area contributed by atoms with E-state index in [4.69, 9.17) is 5.73 Å². The first-order valence-corrected chi connectivity index (χ1v) is 13.6. The van der Waals surface area contributed by atoms with Gasteiger partial charge in [0.2, 0.25) is 15.9 Å². The van der Waals surface area contributed by atoms with Crippen LogP contribution in [0, 0.1) is 0 Å². The molecule has 0 aliphatic carbocycles. The molecule has 1 aliphatic rings. The predicted octanol–water partition coefficient (Wildman–Crippen LogP) is 2.39. The molecular weight excluding hydrogens is 517 g/mol. The van der Waals surface area contributed by atoms with Gasteiger partial charge in [-0.15, -0.1) is 11.3 Å². The third-order valence-electron chi connectivity index (χ3n) is 5.64. The number of benzene rings is 1. The van der Waals surface area contributed by atoms with Crippen molar-refractivity contribution in [1.82, 2.24) is 14.9 Å². The van der Waals surface area contributed by atoms with Gasteiger partial charge in [-0.3, -0.25) is 9.52 Å². The molecule has 3 heterocycles. The Bertz CT molecular complexity index is 1320. The quantitative estimate of drug-likeness (QED) is 0.448. The van der Waals surface area contributed by atoms with Gasteiger partial charge >= 0.3 is 6.18 Å². The van der Waals surface area contributed by atoms with E-state index in [0.717, 1.165) is 16.9 Å². The van der Waals surface area contributed by atoms with Crippen molar-refractivity contribution in [3.63, 3.8) is 0 Å². The molecule has 2 aromatic heterocycles. The fourth-order valence-electron chi connectivity index (χ4n) is 3.96. The summed E-state index contributed by atoms with van der Waals surface area (Å²) in [4.78, 5) is 25.6. The molecule has 0 radical (unpaired) electrons. The Balaban J connectivity index is 1.35. The topological polar surface area (TPSA) is 122 Å². The molecule has 0 bridgehead atoms. The van der Waals surface area contributed by atoms with Crippen LogP contribution in [-0.2, 0) is 27.7 Å². The Hall–Kier alpha value is -2.97. The molecule has 4 rings (SSSR count). The lowest BCUT2D eigenvalue weighted by atomic mass is 10.1. The fraction of sp³-hybridized carbons (Fsp3) is 0.409. The summed E-state index contributed by atoms with van der Waals surface area (Å²) in [6.45, 7) is 1.89. The molecule has 14 heteroatoms. The van der Waals surface area contributed by atoms with Crippen molar-refractivity contribution < 1.29 is 26.4 Å². The van der Waals surface area contributed by atoms with Crippen LogP contribution >= 0.6 is 11.3 Å². The number of amides is 1. The van der Waals surface area contributed by atoms with E-state index in [1.165, 1.54) is 12.4 Å². The molecule has 1 aromatic carbocycles. The smallest absolute Gasteiger partial charge is 0.352 e. The average molecular weight is 543 g/mol. The van der Waals surface area contributed by atoms with Gasteiger partial charge in [-0.05, 0) is 23.8 Å². The molecule has 36 heavy (non-hydrogen) atoms. The van der Waals surface area contributed by atoms with Gasteiger partial charge in [-0.2, -0.15) is 13.2 Å². The minimum atomic E-state index is -4.29. The molecule has 0 unspecified atom stereocenters. The summed E-state index contributed by atoms with van der Waals surface area (Å²) in [5.74, 6) is 0.326. The van der Waals surface area contributed by atoms with Gasteiger partial charge < -0.3 is 15.5 Å². The molecule has 1 aliphatic heterocycles. The summed E-state index contributed by atoms with van der Waals surface area (Å²) < 4.78 is 64.5. The Labute approximate surface area is 210 Å². The number of nitrogens with one attached hydrogen (secondary N) is 1. The standard InChI is InChI=1S/C22H25F3N6O3S2/c23-22(24,25)13-17-12-18-20(27-14-28-21(18)35-17)31-8-6-30(7-9-31)19(32)11-15-1-3-16(4-2-15)29-36(33,34)10-5-26/h1-4,12,14,29H,5-11,13,26H2. The Morgan fingerprint density at radius 1 is 1.11 bits per heavy atom. The van der Waals surface area contributed by atoms with E-state index >= 15 is 0 Å². The Morgan fingerprint density at radius 2 is 1.81 bits per heavy atom. The zero-order valence-electron chi connectivity index (χ0n) is 19.2. The van der Waals surface area contributed by atoms with Crippen molar-refractivity contribution in [1.29, 1.82) is 0 Å². The zero-order chi connectivity index (χ0) is 25.9. The molecule has 3 N–H and O–H groups in total. The van der Waals surface area contributed by atoms with Gasteiger partial charge in [0.05, 0.1) is 24.0 Å². The molecule has 1 saturated heterocycles. The van der Waals surface area contributed by atoms with Crippen LogP contribution in [0.2, 0.25) is 0 Å². The highest BCUT2D eigenvalue weighted by molar-refractivity contribution is 7.92. The van der Waals surface area contributed by atoms with Gasteiger partial charge in [0.1, 0.15) is 17.0 Å². The lowest BCUT2D eigenvalue weighted by molar-refractivity contribution is -0.130. The second-order valence-electron chi connectivity index (χ2n) is 8.37. The lowest BCUT2D eigenvalue weighted by Crippen LogP contribution is -2.49. The van der Waals surface area contributed by atoms with E-state index in [0.29, 0.717) is 47.9 Å². The van der Waals surface area contributed by atoms with Crippen molar-refractivity contribution in [3.8, 4) is 0 Å². The van der Waals surface area contributed by atoms with E-state index < -0.39 is 22.6 Å². The molecule has 1 fully saturated rings. The van der Waals surface area contributed by atoms with Crippen molar-refractivity contribution in [2.24, 2.45) is 5.73 Å². The highest BCUT2D eigenvalue weighted by Gasteiger charge is 2.30. The Morgan fingerprint density at radius 3 is 2.44 bits per heavy atom. The maximum absolute atomic E-state index is 12.8. The average Bonchev–Trinajstić information content (AvgIpc) is 3.21. The Kier molecular flexibility index (Phi) is 7.66. The zero-order valence-corrected chi connectivity index (χ0v) is 20.8. The summed E-state index contributed by atoms with van der Waals surface area (Å²) in [7, 11) is -3.50. The van der Waals surface area contributed by atoms with E-state index in [2.05, 4.69) is 14.7 Å². The van der Waals surface area contributed by atoms with Crippen LogP contribution in [0.1, 0.15) is 10.4 Å². The third-order valence-corrected chi connectivity index (χ3v) is 8.00. The molecule has 9 nitrogen and oxygen atoms in total. The van der Waals surface area contributed by atoms with E-state index in [-0.39, 0.29) is 29.5 Å². The van der Waals surface area contributed by atoms with Crippen LogP contribution < -0.4 is 15.4 Å². The van der Waals surface area contributed by atoms with Gasteiger partial charge in [-0.25, -0.2) is 18.4 Å². The molecular formula is C22H25F3N6O3S2. The number of piperazine rings is 1. The SMILES string of the molecule is NCCS(=O)(=O)Nc1ccc(CC(=O)N2CCN(c3ncnc4sc(CC(F)(F)F)cc34)CC2)cc1. The summed E-state index contributed by atoms with van der Waals surface area (Å²) in [5, 5.41) is 0.587. The van der Waals surface area contributed by atoms with Crippen LogP contribution in [0.4, 0.5) is 24.7 Å². The molecule has 0 spiro atoms. The van der Waals surface area contributed by atoms with E-state index in [9.17, 15) is 26.4 Å². The summed E-state index contributed by atoms with van der Waals surface area (Å²) in [6.07, 6.45) is -3.78. The second kappa shape index (κ2) is 10.6. The highest BCUT2D eigenvalue weighted by atomic mass is 32.2. The normalized spacial score (nSPS) is 14.9. The van der Waals surface area contributed by atoms with Crippen LogP contribution in [0.5, 0.6) is 0 Å². The number of nitrogens with two attached hydrogens (primary N) is 1. The monoisotopic (exact) mass is 542 g/mol. The second-order valence-corrected chi connectivity index (χ2v) is 11.3. The van der Waals surface area contributed by atoms with E-state index in [1.807, 2.05) is 4.90 Å². The first-order valence-electron chi connectivity index (χ1n) is 11.2. The lowest BCUT2D eigenvalue weighted by Gasteiger charge is -2.35. The minimum Gasteiger partial charge on any atom is -0.352 e. The van der Waals surface area contributed by atoms with Gasteiger partial charge in [-0.1, -0.05) is 12.1 Å². The number of aromatic nitrogens is 2. The van der Waals surface area contributed by atoms with Crippen LogP contribution in [0.25, 0.3) is 10.2 Å². The molecule has 0 atom stereocenters. The maximum Gasteiger partial charge on any atom is 0.393 e. The summed E-state index contributed by atoms with van der Waals surface area (Å²) in [5.41, 5.74) is 6.44. The number of hydrogen-bond acceptors (Lipinski definition) is 8. The number of halogens is 3. The number of rotatable bonds is 8. The van der Waals surface area contributed by atoms with E-state index in [1.54, 1.807) is 29.2 Å². The predicted molar refractivity (Wildman–Crippen MR) is 133 cm³/mol. The number of carbonyl (C=O) groups is 1. The van der Waals surface area contributed by atoms with Crippen molar-refractivity contribution in [3.05, 3.63) is 47.1 Å². The maximum atomic E-state index is 12.8. The molecule has 3 aromatic rings. The van der Waals surface area contributed by atoms with Crippen LogP contribution in [0.15, 0.2) is 36.7 Å². The number of thiophene rings is 1. The first-order chi connectivity index (χ1) is 17.0. The number of hydrogen-bond donors (Lipinski definition) is 2. The third kappa shape index (κ3) is 6.62. The molecule has 0 saturated carbocycles. The number of alkyl halides is 3. The summed E-state index contributed by atoms with van der Waals surface area (Å²) >= 11 is 1.01. The fourth-order valence-corrected chi connectivity index (χ4v) is 5.89. The number of anilines is 2. The van der Waals surface area contributed by atoms with Crippen LogP contribution in [0.3, 0.4) is 0 Å². The van der Waals surface area contributed by atoms with Gasteiger partial charge in [0.15, 0.2) is 0 Å². The van der Waals surface area contributed by atoms with Gasteiger partial charge in [0.25, 0.3) is 0 Å².